The largest absolute Gasteiger partial charge is 0.504 e. The molecule has 2 aromatic rings. The lowest BCUT2D eigenvalue weighted by molar-refractivity contribution is -0.137. The van der Waals surface area contributed by atoms with Crippen molar-refractivity contribution in [3.63, 3.8) is 0 Å². The second kappa shape index (κ2) is 8.11. The topological polar surface area (TPSA) is 63.8 Å². The summed E-state index contributed by atoms with van der Waals surface area (Å²) in [5.41, 5.74) is 4.37. The number of rotatable bonds is 5. The molecule has 0 spiro atoms. The van der Waals surface area contributed by atoms with Crippen molar-refractivity contribution >= 4 is 16.9 Å². The summed E-state index contributed by atoms with van der Waals surface area (Å²) in [6.07, 6.45) is 4.46. The van der Waals surface area contributed by atoms with E-state index in [1.165, 1.54) is 23.8 Å². The molecular weight excluding hydrogens is 368 g/mol. The maximum Gasteiger partial charge on any atom is 0.337 e. The van der Waals surface area contributed by atoms with E-state index in [9.17, 15) is 4.79 Å². The first-order valence-electron chi connectivity index (χ1n) is 10.4. The number of hydrogen-bond donors (Lipinski definition) is 1. The minimum absolute atomic E-state index is 0.105. The number of carbonyl (C=O) groups excluding carboxylic acids is 1. The van der Waals surface area contributed by atoms with Gasteiger partial charge in [0.1, 0.15) is 5.75 Å². The molecule has 3 atom stereocenters. The summed E-state index contributed by atoms with van der Waals surface area (Å²) in [4.78, 5) is 18.7. The van der Waals surface area contributed by atoms with Gasteiger partial charge < -0.3 is 19.2 Å². The summed E-state index contributed by atoms with van der Waals surface area (Å²) in [5, 5.41) is 1.19. The van der Waals surface area contributed by atoms with Gasteiger partial charge in [-0.3, -0.25) is 4.90 Å². The first-order valence-corrected chi connectivity index (χ1v) is 10.4. The third-order valence-corrected chi connectivity index (χ3v) is 6.67. The number of aromatic amines is 1. The van der Waals surface area contributed by atoms with Gasteiger partial charge in [0.25, 0.3) is 0 Å². The van der Waals surface area contributed by atoms with Crippen LogP contribution in [0.4, 0.5) is 0 Å². The van der Waals surface area contributed by atoms with Crippen LogP contribution in [0.15, 0.2) is 30.0 Å². The highest BCUT2D eigenvalue weighted by molar-refractivity contribution is 5.91. The molecule has 2 aliphatic rings. The fraction of sp³-hybridized carbons (Fsp3) is 0.522. The van der Waals surface area contributed by atoms with Gasteiger partial charge in [-0.05, 0) is 42.4 Å². The number of fused-ring (bicyclic) bond motifs is 5. The molecule has 0 saturated carbocycles. The fourth-order valence-electron chi connectivity index (χ4n) is 5.28. The number of nitrogens with one attached hydrogen (secondary N) is 1. The van der Waals surface area contributed by atoms with Gasteiger partial charge in [-0.25, -0.2) is 4.79 Å². The van der Waals surface area contributed by atoms with Crippen LogP contribution in [0.3, 0.4) is 0 Å². The molecule has 3 heterocycles. The van der Waals surface area contributed by atoms with E-state index in [0.717, 1.165) is 43.6 Å². The zero-order valence-corrected chi connectivity index (χ0v) is 17.7. The highest BCUT2D eigenvalue weighted by Crippen LogP contribution is 2.47. The van der Waals surface area contributed by atoms with E-state index in [2.05, 4.69) is 22.9 Å². The number of H-pyrrole nitrogens is 1. The normalized spacial score (nSPS) is 24.7. The Hall–Kier alpha value is -2.47. The van der Waals surface area contributed by atoms with Gasteiger partial charge in [-0.1, -0.05) is 19.4 Å². The molecule has 0 aliphatic carbocycles. The summed E-state index contributed by atoms with van der Waals surface area (Å²) in [5.74, 6) is 1.12. The van der Waals surface area contributed by atoms with E-state index < -0.39 is 0 Å². The standard InChI is InChI=1S/C23H30N2O4/c1-5-14-12-25-10-9-15-21-18(7-6-8-20(21)28-3)24-22(15)19(25)11-16(14)17(13-27-2)23(26)29-4/h6-8,13-14,16,19,24H,5,9-12H2,1-4H3/b17-13+/t14-,16-,19+/m0/s1. The number of hydrogen-bond acceptors (Lipinski definition) is 5. The quantitative estimate of drug-likeness (QED) is 0.471. The van der Waals surface area contributed by atoms with Gasteiger partial charge in [-0.2, -0.15) is 0 Å². The SMILES string of the molecule is CC[C@H]1CN2CCc3c([nH]c4cccc(OC)c34)[C@H]2C[C@@H]1/C(=C\OC)C(=O)OC. The predicted molar refractivity (Wildman–Crippen MR) is 112 cm³/mol. The van der Waals surface area contributed by atoms with Crippen LogP contribution < -0.4 is 4.74 Å². The second-order valence-corrected chi connectivity index (χ2v) is 7.97. The van der Waals surface area contributed by atoms with Crippen LogP contribution in [0.5, 0.6) is 5.75 Å². The summed E-state index contributed by atoms with van der Waals surface area (Å²) >= 11 is 0. The molecule has 0 radical (unpaired) electrons. The van der Waals surface area contributed by atoms with E-state index >= 15 is 0 Å². The number of carbonyl (C=O) groups is 1. The van der Waals surface area contributed by atoms with Crippen LogP contribution in [0, 0.1) is 11.8 Å². The van der Waals surface area contributed by atoms with Gasteiger partial charge in [-0.15, -0.1) is 0 Å². The number of aromatic nitrogens is 1. The Labute approximate surface area is 171 Å². The van der Waals surface area contributed by atoms with Gasteiger partial charge in [0.15, 0.2) is 0 Å². The summed E-state index contributed by atoms with van der Waals surface area (Å²) in [6.45, 7) is 4.19. The van der Waals surface area contributed by atoms with Crippen molar-refractivity contribution in [1.82, 2.24) is 9.88 Å². The maximum atomic E-state index is 12.5. The van der Waals surface area contributed by atoms with Gasteiger partial charge in [0, 0.05) is 29.7 Å². The number of ether oxygens (including phenoxy) is 3. The first-order chi connectivity index (χ1) is 14.1. The molecule has 0 bridgehead atoms. The maximum absolute atomic E-state index is 12.5. The molecule has 6 heteroatoms. The van der Waals surface area contributed by atoms with Crippen molar-refractivity contribution in [2.24, 2.45) is 11.8 Å². The zero-order chi connectivity index (χ0) is 20.5. The molecule has 0 amide bonds. The molecule has 1 aromatic carbocycles. The Kier molecular flexibility index (Phi) is 5.54. The molecule has 0 unspecified atom stereocenters. The molecule has 29 heavy (non-hydrogen) atoms. The minimum Gasteiger partial charge on any atom is -0.504 e. The summed E-state index contributed by atoms with van der Waals surface area (Å²) in [6, 6.07) is 6.40. The number of nitrogens with zero attached hydrogens (tertiary/aromatic N) is 1. The van der Waals surface area contributed by atoms with Crippen molar-refractivity contribution in [2.45, 2.75) is 32.2 Å². The third-order valence-electron chi connectivity index (χ3n) is 6.67. The summed E-state index contributed by atoms with van der Waals surface area (Å²) < 4.78 is 16.0. The van der Waals surface area contributed by atoms with Gasteiger partial charge >= 0.3 is 5.97 Å². The molecule has 1 fully saturated rings. The Balaban J connectivity index is 1.76. The van der Waals surface area contributed by atoms with Crippen LogP contribution in [-0.4, -0.2) is 50.3 Å². The molecule has 156 valence electrons. The number of methoxy groups -OCH3 is 3. The molecular formula is C23H30N2O4. The van der Waals surface area contributed by atoms with Crippen molar-refractivity contribution in [2.75, 3.05) is 34.4 Å². The lowest BCUT2D eigenvalue weighted by atomic mass is 9.74. The van der Waals surface area contributed by atoms with Crippen molar-refractivity contribution in [3.05, 3.63) is 41.3 Å². The van der Waals surface area contributed by atoms with E-state index in [4.69, 9.17) is 14.2 Å². The second-order valence-electron chi connectivity index (χ2n) is 7.97. The van der Waals surface area contributed by atoms with E-state index in [-0.39, 0.29) is 17.9 Å². The lowest BCUT2D eigenvalue weighted by Crippen LogP contribution is -2.47. The Morgan fingerprint density at radius 2 is 2.14 bits per heavy atom. The number of piperidine rings is 1. The van der Waals surface area contributed by atoms with Crippen LogP contribution in [0.1, 0.15) is 37.1 Å². The molecule has 4 rings (SSSR count). The molecule has 2 aliphatic heterocycles. The van der Waals surface area contributed by atoms with E-state index in [1.54, 1.807) is 20.5 Å². The number of esters is 1. The first kappa shape index (κ1) is 19.8. The molecule has 6 nitrogen and oxygen atoms in total. The Morgan fingerprint density at radius 1 is 1.31 bits per heavy atom. The van der Waals surface area contributed by atoms with E-state index in [1.807, 2.05) is 12.1 Å². The fourth-order valence-corrected chi connectivity index (χ4v) is 5.28. The molecule has 1 N–H and O–H groups in total. The average molecular weight is 399 g/mol. The van der Waals surface area contributed by atoms with E-state index in [0.29, 0.717) is 11.5 Å². The highest BCUT2D eigenvalue weighted by atomic mass is 16.5. The monoisotopic (exact) mass is 398 g/mol. The van der Waals surface area contributed by atoms with Crippen LogP contribution >= 0.6 is 0 Å². The van der Waals surface area contributed by atoms with Crippen molar-refractivity contribution in [3.8, 4) is 5.75 Å². The van der Waals surface area contributed by atoms with Crippen LogP contribution in [0.25, 0.3) is 10.9 Å². The smallest absolute Gasteiger partial charge is 0.337 e. The third kappa shape index (κ3) is 3.29. The zero-order valence-electron chi connectivity index (χ0n) is 17.7. The van der Waals surface area contributed by atoms with Crippen molar-refractivity contribution in [1.29, 1.82) is 0 Å². The average Bonchev–Trinajstić information content (AvgIpc) is 3.15. The van der Waals surface area contributed by atoms with Crippen LogP contribution in [0.2, 0.25) is 0 Å². The highest BCUT2D eigenvalue weighted by Gasteiger charge is 2.42. The number of benzene rings is 1. The van der Waals surface area contributed by atoms with Gasteiger partial charge in [0.2, 0.25) is 0 Å². The Bertz CT molecular complexity index is 932. The molecule has 1 aromatic heterocycles. The lowest BCUT2D eigenvalue weighted by Gasteiger charge is -2.46. The minimum atomic E-state index is -0.293. The molecule has 1 saturated heterocycles. The predicted octanol–water partition coefficient (Wildman–Crippen LogP) is 3.83. The van der Waals surface area contributed by atoms with Crippen molar-refractivity contribution < 1.29 is 19.0 Å². The Morgan fingerprint density at radius 3 is 2.83 bits per heavy atom. The van der Waals surface area contributed by atoms with Crippen LogP contribution in [-0.2, 0) is 20.7 Å². The summed E-state index contributed by atoms with van der Waals surface area (Å²) in [7, 11) is 4.75. The van der Waals surface area contributed by atoms with Gasteiger partial charge in [0.05, 0.1) is 39.2 Å².